The monoisotopic (exact) mass is 471 g/mol. The fraction of sp³-hybridized carbons (Fsp3) is 0.143. The average molecular weight is 472 g/mol. The Kier molecular flexibility index (Phi) is 7.04. The van der Waals surface area contributed by atoms with Crippen molar-refractivity contribution in [2.24, 2.45) is 0 Å². The lowest BCUT2D eigenvalue weighted by Gasteiger charge is -2.13. The Balaban J connectivity index is 2.05. The number of anilines is 4. The van der Waals surface area contributed by atoms with Gasteiger partial charge in [-0.1, -0.05) is 11.6 Å². The van der Waals surface area contributed by atoms with Crippen LogP contribution >= 0.6 is 11.6 Å². The molecule has 3 rings (SSSR count). The van der Waals surface area contributed by atoms with E-state index in [9.17, 15) is 19.7 Å². The van der Waals surface area contributed by atoms with Crippen LogP contribution in [0.25, 0.3) is 0 Å². The summed E-state index contributed by atoms with van der Waals surface area (Å²) in [7, 11) is 2.37. The van der Waals surface area contributed by atoms with Gasteiger partial charge in [0.15, 0.2) is 0 Å². The van der Waals surface area contributed by atoms with Gasteiger partial charge < -0.3 is 20.1 Å². The number of carbonyl (C=O) groups excluding carboxylic acids is 2. The van der Waals surface area contributed by atoms with Crippen LogP contribution in [0.4, 0.5) is 28.7 Å². The molecule has 0 unspecified atom stereocenters. The Morgan fingerprint density at radius 1 is 0.970 bits per heavy atom. The molecule has 0 atom stereocenters. The summed E-state index contributed by atoms with van der Waals surface area (Å²) in [6, 6.07) is 9.01. The van der Waals surface area contributed by atoms with Gasteiger partial charge in [0.05, 0.1) is 30.3 Å². The summed E-state index contributed by atoms with van der Waals surface area (Å²) in [5.74, 6) is -1.65. The van der Waals surface area contributed by atoms with E-state index in [1.807, 2.05) is 0 Å². The molecule has 0 saturated carbocycles. The van der Waals surface area contributed by atoms with Gasteiger partial charge in [-0.3, -0.25) is 10.1 Å². The third-order valence-corrected chi connectivity index (χ3v) is 4.72. The fourth-order valence-electron chi connectivity index (χ4n) is 2.94. The highest BCUT2D eigenvalue weighted by atomic mass is 35.5. The Morgan fingerprint density at radius 3 is 2.06 bits per heavy atom. The maximum atomic E-state index is 12.0. The molecular weight excluding hydrogens is 454 g/mol. The molecule has 12 heteroatoms. The predicted molar refractivity (Wildman–Crippen MR) is 121 cm³/mol. The van der Waals surface area contributed by atoms with E-state index in [-0.39, 0.29) is 28.5 Å². The zero-order valence-electron chi connectivity index (χ0n) is 17.7. The fourth-order valence-corrected chi connectivity index (χ4v) is 3.16. The average Bonchev–Trinajstić information content (AvgIpc) is 2.79. The van der Waals surface area contributed by atoms with Crippen LogP contribution in [0, 0.1) is 17.0 Å². The molecule has 11 nitrogen and oxygen atoms in total. The van der Waals surface area contributed by atoms with Gasteiger partial charge in [0, 0.05) is 16.4 Å². The predicted octanol–water partition coefficient (Wildman–Crippen LogP) is 4.41. The van der Waals surface area contributed by atoms with Gasteiger partial charge in [-0.2, -0.15) is 0 Å². The van der Waals surface area contributed by atoms with Crippen molar-refractivity contribution in [3.63, 3.8) is 0 Å². The van der Waals surface area contributed by atoms with Crippen molar-refractivity contribution in [1.82, 2.24) is 9.97 Å². The summed E-state index contributed by atoms with van der Waals surface area (Å²) >= 11 is 5.97. The molecule has 0 aliphatic carbocycles. The number of esters is 2. The highest BCUT2D eigenvalue weighted by Gasteiger charge is 2.24. The number of hydrogen-bond donors (Lipinski definition) is 2. The van der Waals surface area contributed by atoms with Crippen molar-refractivity contribution in [3.05, 3.63) is 74.6 Å². The van der Waals surface area contributed by atoms with Gasteiger partial charge in [0.25, 0.3) is 0 Å². The minimum Gasteiger partial charge on any atom is -0.465 e. The first-order valence-corrected chi connectivity index (χ1v) is 9.72. The lowest BCUT2D eigenvalue weighted by Crippen LogP contribution is -2.09. The summed E-state index contributed by atoms with van der Waals surface area (Å²) in [4.78, 5) is 43.2. The second kappa shape index (κ2) is 9.92. The van der Waals surface area contributed by atoms with E-state index in [1.165, 1.54) is 32.4 Å². The first-order valence-electron chi connectivity index (χ1n) is 9.34. The molecule has 2 N–H and O–H groups in total. The van der Waals surface area contributed by atoms with Crippen LogP contribution in [0.15, 0.2) is 42.7 Å². The maximum Gasteiger partial charge on any atom is 0.353 e. The zero-order chi connectivity index (χ0) is 24.1. The topological polar surface area (TPSA) is 146 Å². The highest BCUT2D eigenvalue weighted by molar-refractivity contribution is 6.30. The van der Waals surface area contributed by atoms with Crippen LogP contribution in [-0.2, 0) is 9.47 Å². The van der Waals surface area contributed by atoms with Crippen molar-refractivity contribution in [3.8, 4) is 0 Å². The molecule has 0 bridgehead atoms. The number of aromatic nitrogens is 2. The molecule has 170 valence electrons. The standard InChI is InChI=1S/C21H18ClN5O6/c1-11-6-14(22)4-5-16(11)26-19-17(27(30)31)18(23-10-24-19)25-15-8-12(20(28)32-2)7-13(9-15)21(29)33-3/h4-10H,1-3H3,(H2,23,24,25,26). The number of benzene rings is 2. The molecule has 0 radical (unpaired) electrons. The van der Waals surface area contributed by atoms with Crippen LogP contribution in [0.5, 0.6) is 0 Å². The maximum absolute atomic E-state index is 12.0. The molecule has 0 fully saturated rings. The number of methoxy groups -OCH3 is 2. The summed E-state index contributed by atoms with van der Waals surface area (Å²) in [5, 5.41) is 18.1. The minimum absolute atomic E-state index is 0.0368. The number of rotatable bonds is 7. The summed E-state index contributed by atoms with van der Waals surface area (Å²) in [5.41, 5.74) is 1.11. The van der Waals surface area contributed by atoms with Gasteiger partial charge in [-0.15, -0.1) is 0 Å². The van der Waals surface area contributed by atoms with Gasteiger partial charge in [0.2, 0.25) is 11.6 Å². The molecule has 3 aromatic rings. The van der Waals surface area contributed by atoms with E-state index in [0.717, 1.165) is 11.9 Å². The number of aryl methyl sites for hydroxylation is 1. The third-order valence-electron chi connectivity index (χ3n) is 4.48. The highest BCUT2D eigenvalue weighted by Crippen LogP contribution is 2.34. The van der Waals surface area contributed by atoms with Crippen LogP contribution in [-0.4, -0.2) is 41.0 Å². The Morgan fingerprint density at radius 2 is 1.55 bits per heavy atom. The number of nitro groups is 1. The lowest BCUT2D eigenvalue weighted by molar-refractivity contribution is -0.383. The molecular formula is C21H18ClN5O6. The lowest BCUT2D eigenvalue weighted by atomic mass is 10.1. The number of carbonyl (C=O) groups is 2. The molecule has 1 aromatic heterocycles. The van der Waals surface area contributed by atoms with E-state index >= 15 is 0 Å². The van der Waals surface area contributed by atoms with Gasteiger partial charge in [-0.25, -0.2) is 19.6 Å². The number of ether oxygens (including phenoxy) is 2. The second-order valence-electron chi connectivity index (χ2n) is 6.67. The van der Waals surface area contributed by atoms with Crippen molar-refractivity contribution < 1.29 is 24.0 Å². The van der Waals surface area contributed by atoms with Crippen molar-refractivity contribution in [2.45, 2.75) is 6.92 Å². The Labute approximate surface area is 192 Å². The Hall–Kier alpha value is -4.25. The molecule has 2 aromatic carbocycles. The normalized spacial score (nSPS) is 10.3. The van der Waals surface area contributed by atoms with Gasteiger partial charge in [-0.05, 0) is 48.9 Å². The summed E-state index contributed by atoms with van der Waals surface area (Å²) in [6.45, 7) is 1.78. The number of nitrogens with one attached hydrogen (secondary N) is 2. The SMILES string of the molecule is COC(=O)c1cc(Nc2ncnc(Nc3ccc(Cl)cc3C)c2[N+](=O)[O-])cc(C(=O)OC)c1. The molecule has 0 amide bonds. The van der Waals surface area contributed by atoms with Crippen LogP contribution in [0.2, 0.25) is 5.02 Å². The minimum atomic E-state index is -0.707. The number of halogens is 1. The largest absolute Gasteiger partial charge is 0.465 e. The zero-order valence-corrected chi connectivity index (χ0v) is 18.5. The second-order valence-corrected chi connectivity index (χ2v) is 7.10. The summed E-state index contributed by atoms with van der Waals surface area (Å²) in [6.07, 6.45) is 1.13. The van der Waals surface area contributed by atoms with Gasteiger partial charge in [0.1, 0.15) is 6.33 Å². The van der Waals surface area contributed by atoms with Crippen molar-refractivity contribution in [1.29, 1.82) is 0 Å². The quantitative estimate of drug-likeness (QED) is 0.288. The number of nitrogens with zero attached hydrogens (tertiary/aromatic N) is 3. The van der Waals surface area contributed by atoms with E-state index < -0.39 is 22.5 Å². The molecule has 0 spiro atoms. The first kappa shape index (κ1) is 23.4. The smallest absolute Gasteiger partial charge is 0.353 e. The van der Waals surface area contributed by atoms with Crippen LogP contribution in [0.1, 0.15) is 26.3 Å². The van der Waals surface area contributed by atoms with Crippen LogP contribution < -0.4 is 10.6 Å². The summed E-state index contributed by atoms with van der Waals surface area (Å²) < 4.78 is 9.41. The van der Waals surface area contributed by atoms with Crippen molar-refractivity contribution in [2.75, 3.05) is 24.9 Å². The van der Waals surface area contributed by atoms with E-state index in [1.54, 1.807) is 25.1 Å². The molecule has 33 heavy (non-hydrogen) atoms. The molecule has 0 aliphatic heterocycles. The Bertz CT molecular complexity index is 1220. The van der Waals surface area contributed by atoms with E-state index in [0.29, 0.717) is 10.7 Å². The van der Waals surface area contributed by atoms with Crippen LogP contribution in [0.3, 0.4) is 0 Å². The van der Waals surface area contributed by atoms with E-state index in [2.05, 4.69) is 20.6 Å². The molecule has 1 heterocycles. The van der Waals surface area contributed by atoms with E-state index in [4.69, 9.17) is 21.1 Å². The number of hydrogen-bond acceptors (Lipinski definition) is 10. The molecule has 0 saturated heterocycles. The van der Waals surface area contributed by atoms with Gasteiger partial charge >= 0.3 is 17.6 Å². The third kappa shape index (κ3) is 5.33. The molecule has 0 aliphatic rings. The van der Waals surface area contributed by atoms with Crippen molar-refractivity contribution >= 4 is 52.2 Å². The first-order chi connectivity index (χ1) is 15.7.